The van der Waals surface area contributed by atoms with Crippen molar-refractivity contribution in [3.8, 4) is 0 Å². The summed E-state index contributed by atoms with van der Waals surface area (Å²) in [6, 6.07) is 0. The molecular formula is C14H22N2O2. The Kier molecular flexibility index (Phi) is 5.13. The van der Waals surface area contributed by atoms with Crippen LogP contribution in [0.25, 0.3) is 0 Å². The summed E-state index contributed by atoms with van der Waals surface area (Å²) >= 11 is 0. The van der Waals surface area contributed by atoms with Crippen LogP contribution in [0, 0.1) is 13.8 Å². The SMILES string of the molecule is C=CCCCn1nc(C)c([C@H](C)C(=O)OC)c1C. The van der Waals surface area contributed by atoms with Crippen molar-refractivity contribution in [1.82, 2.24) is 9.78 Å². The Balaban J connectivity index is 2.93. The molecule has 4 heteroatoms. The minimum atomic E-state index is -0.261. The maximum absolute atomic E-state index is 11.6. The van der Waals surface area contributed by atoms with E-state index in [2.05, 4.69) is 11.7 Å². The van der Waals surface area contributed by atoms with Crippen molar-refractivity contribution in [3.05, 3.63) is 29.6 Å². The number of aryl methyl sites for hydroxylation is 2. The molecule has 0 unspecified atom stereocenters. The molecule has 1 heterocycles. The highest BCUT2D eigenvalue weighted by atomic mass is 16.5. The maximum Gasteiger partial charge on any atom is 0.312 e. The second-order valence-electron chi connectivity index (χ2n) is 4.48. The fraction of sp³-hybridized carbons (Fsp3) is 0.571. The van der Waals surface area contributed by atoms with E-state index < -0.39 is 0 Å². The Labute approximate surface area is 109 Å². The first kappa shape index (κ1) is 14.5. The molecule has 1 rings (SSSR count). The minimum Gasteiger partial charge on any atom is -0.469 e. The molecule has 0 spiro atoms. The summed E-state index contributed by atoms with van der Waals surface area (Å²) in [5.74, 6) is -0.477. The van der Waals surface area contributed by atoms with Gasteiger partial charge in [0.1, 0.15) is 0 Å². The van der Waals surface area contributed by atoms with Gasteiger partial charge in [-0.1, -0.05) is 6.08 Å². The normalized spacial score (nSPS) is 12.2. The van der Waals surface area contributed by atoms with Crippen LogP contribution in [0.15, 0.2) is 12.7 Å². The summed E-state index contributed by atoms with van der Waals surface area (Å²) < 4.78 is 6.76. The van der Waals surface area contributed by atoms with Crippen LogP contribution in [0.1, 0.15) is 42.6 Å². The van der Waals surface area contributed by atoms with Gasteiger partial charge >= 0.3 is 5.97 Å². The summed E-state index contributed by atoms with van der Waals surface area (Å²) in [4.78, 5) is 11.6. The Morgan fingerprint density at radius 3 is 2.78 bits per heavy atom. The van der Waals surface area contributed by atoms with Crippen LogP contribution in [0.5, 0.6) is 0 Å². The molecule has 0 aromatic carbocycles. The van der Waals surface area contributed by atoms with Crippen molar-refractivity contribution in [3.63, 3.8) is 0 Å². The Morgan fingerprint density at radius 1 is 1.56 bits per heavy atom. The molecule has 0 aliphatic heterocycles. The lowest BCUT2D eigenvalue weighted by Crippen LogP contribution is -2.12. The number of allylic oxidation sites excluding steroid dienone is 1. The zero-order valence-corrected chi connectivity index (χ0v) is 11.7. The molecule has 0 aliphatic rings. The highest BCUT2D eigenvalue weighted by molar-refractivity contribution is 5.78. The lowest BCUT2D eigenvalue weighted by molar-refractivity contribution is -0.142. The Hall–Kier alpha value is -1.58. The first-order chi connectivity index (χ1) is 8.52. The van der Waals surface area contributed by atoms with E-state index in [9.17, 15) is 4.79 Å². The van der Waals surface area contributed by atoms with E-state index in [0.29, 0.717) is 0 Å². The second-order valence-corrected chi connectivity index (χ2v) is 4.48. The van der Waals surface area contributed by atoms with E-state index in [1.165, 1.54) is 7.11 Å². The molecule has 0 aliphatic carbocycles. The number of nitrogens with zero attached hydrogens (tertiary/aromatic N) is 2. The third-order valence-corrected chi connectivity index (χ3v) is 3.20. The predicted molar refractivity (Wildman–Crippen MR) is 71.6 cm³/mol. The standard InChI is InChI=1S/C14H22N2O2/c1-6-7-8-9-16-12(4)13(11(3)15-16)10(2)14(17)18-5/h6,10H,1,7-9H2,2-5H3/t10-/m0/s1. The number of carbonyl (C=O) groups excluding carboxylic acids is 1. The molecule has 0 saturated heterocycles. The van der Waals surface area contributed by atoms with Crippen LogP contribution < -0.4 is 0 Å². The van der Waals surface area contributed by atoms with Gasteiger partial charge in [0.2, 0.25) is 0 Å². The number of ether oxygens (including phenoxy) is 1. The monoisotopic (exact) mass is 250 g/mol. The summed E-state index contributed by atoms with van der Waals surface area (Å²) in [7, 11) is 1.41. The molecule has 100 valence electrons. The first-order valence-electron chi connectivity index (χ1n) is 6.25. The molecule has 0 saturated carbocycles. The van der Waals surface area contributed by atoms with Crippen molar-refractivity contribution < 1.29 is 9.53 Å². The summed E-state index contributed by atoms with van der Waals surface area (Å²) in [5, 5.41) is 4.49. The van der Waals surface area contributed by atoms with Crippen LogP contribution in [-0.2, 0) is 16.1 Å². The summed E-state index contributed by atoms with van der Waals surface area (Å²) in [5.41, 5.74) is 2.94. The Bertz CT molecular complexity index is 435. The van der Waals surface area contributed by atoms with Gasteiger partial charge in [-0.3, -0.25) is 9.48 Å². The minimum absolute atomic E-state index is 0.216. The number of methoxy groups -OCH3 is 1. The van der Waals surface area contributed by atoms with Gasteiger partial charge in [0.15, 0.2) is 0 Å². The van der Waals surface area contributed by atoms with Crippen molar-refractivity contribution in [1.29, 1.82) is 0 Å². The predicted octanol–water partition coefficient (Wildman–Crippen LogP) is 2.74. The smallest absolute Gasteiger partial charge is 0.312 e. The van der Waals surface area contributed by atoms with E-state index in [1.807, 2.05) is 31.5 Å². The fourth-order valence-electron chi connectivity index (χ4n) is 2.24. The van der Waals surface area contributed by atoms with Gasteiger partial charge in [0.05, 0.1) is 18.7 Å². The number of hydrogen-bond acceptors (Lipinski definition) is 3. The number of rotatable bonds is 6. The third-order valence-electron chi connectivity index (χ3n) is 3.20. The average Bonchev–Trinajstić information content (AvgIpc) is 2.63. The largest absolute Gasteiger partial charge is 0.469 e. The molecule has 0 bridgehead atoms. The quantitative estimate of drug-likeness (QED) is 0.443. The van der Waals surface area contributed by atoms with E-state index in [-0.39, 0.29) is 11.9 Å². The van der Waals surface area contributed by atoms with Crippen LogP contribution in [-0.4, -0.2) is 22.9 Å². The van der Waals surface area contributed by atoms with E-state index in [1.54, 1.807) is 0 Å². The third kappa shape index (κ3) is 3.00. The van der Waals surface area contributed by atoms with Gasteiger partial charge in [-0.25, -0.2) is 0 Å². The first-order valence-corrected chi connectivity index (χ1v) is 6.25. The summed E-state index contributed by atoms with van der Waals surface area (Å²) in [6.45, 7) is 10.4. The van der Waals surface area contributed by atoms with Crippen molar-refractivity contribution in [2.24, 2.45) is 0 Å². The number of aromatic nitrogens is 2. The molecular weight excluding hydrogens is 228 g/mol. The van der Waals surface area contributed by atoms with Gasteiger partial charge in [0.25, 0.3) is 0 Å². The molecule has 0 N–H and O–H groups in total. The molecule has 18 heavy (non-hydrogen) atoms. The van der Waals surface area contributed by atoms with Gasteiger partial charge in [-0.05, 0) is 33.6 Å². The van der Waals surface area contributed by atoms with Crippen LogP contribution >= 0.6 is 0 Å². The topological polar surface area (TPSA) is 44.1 Å². The zero-order chi connectivity index (χ0) is 13.7. The van der Waals surface area contributed by atoms with Crippen molar-refractivity contribution in [2.75, 3.05) is 7.11 Å². The van der Waals surface area contributed by atoms with Gasteiger partial charge in [-0.2, -0.15) is 5.10 Å². The molecule has 4 nitrogen and oxygen atoms in total. The zero-order valence-electron chi connectivity index (χ0n) is 11.7. The van der Waals surface area contributed by atoms with Gasteiger partial charge in [0, 0.05) is 17.8 Å². The van der Waals surface area contributed by atoms with E-state index in [4.69, 9.17) is 4.74 Å². The fourth-order valence-corrected chi connectivity index (χ4v) is 2.24. The van der Waals surface area contributed by atoms with Gasteiger partial charge < -0.3 is 4.74 Å². The van der Waals surface area contributed by atoms with Gasteiger partial charge in [-0.15, -0.1) is 6.58 Å². The average molecular weight is 250 g/mol. The number of carbonyl (C=O) groups is 1. The molecule has 1 aromatic heterocycles. The van der Waals surface area contributed by atoms with E-state index >= 15 is 0 Å². The van der Waals surface area contributed by atoms with E-state index in [0.717, 1.165) is 36.3 Å². The highest BCUT2D eigenvalue weighted by Crippen LogP contribution is 2.24. The lowest BCUT2D eigenvalue weighted by atomic mass is 9.99. The van der Waals surface area contributed by atoms with Crippen LogP contribution in [0.3, 0.4) is 0 Å². The molecule has 0 radical (unpaired) electrons. The molecule has 1 atom stereocenters. The lowest BCUT2D eigenvalue weighted by Gasteiger charge is -2.10. The highest BCUT2D eigenvalue weighted by Gasteiger charge is 2.23. The van der Waals surface area contributed by atoms with Crippen molar-refractivity contribution in [2.45, 2.75) is 46.1 Å². The molecule has 0 fully saturated rings. The van der Waals surface area contributed by atoms with Crippen LogP contribution in [0.4, 0.5) is 0 Å². The Morgan fingerprint density at radius 2 is 2.22 bits per heavy atom. The van der Waals surface area contributed by atoms with Crippen LogP contribution in [0.2, 0.25) is 0 Å². The molecule has 0 amide bonds. The molecule has 1 aromatic rings. The summed E-state index contributed by atoms with van der Waals surface area (Å²) in [6.07, 6.45) is 3.89. The maximum atomic E-state index is 11.6. The number of unbranched alkanes of at least 4 members (excludes halogenated alkanes) is 1. The number of hydrogen-bond donors (Lipinski definition) is 0. The number of esters is 1. The van der Waals surface area contributed by atoms with Crippen molar-refractivity contribution >= 4 is 5.97 Å². The second kappa shape index (κ2) is 6.38.